The van der Waals surface area contributed by atoms with Gasteiger partial charge in [0.25, 0.3) is 0 Å². The van der Waals surface area contributed by atoms with Crippen LogP contribution in [0.25, 0.3) is 0 Å². The predicted octanol–water partition coefficient (Wildman–Crippen LogP) is 2.44. The van der Waals surface area contributed by atoms with Gasteiger partial charge >= 0.3 is 0 Å². The third kappa shape index (κ3) is 4.04. The topological polar surface area (TPSA) is 50.3 Å². The number of halogens is 2. The zero-order valence-electron chi connectivity index (χ0n) is 13.5. The maximum absolute atomic E-state index is 13.8. The average Bonchev–Trinajstić information content (AvgIpc) is 2.61. The highest BCUT2D eigenvalue weighted by molar-refractivity contribution is 5.30. The Bertz CT molecular complexity index is 675. The summed E-state index contributed by atoms with van der Waals surface area (Å²) >= 11 is 0. The van der Waals surface area contributed by atoms with Crippen LogP contribution in [0, 0.1) is 11.6 Å². The van der Waals surface area contributed by atoms with Crippen LogP contribution in [0.15, 0.2) is 30.6 Å². The number of hydrogen-bond donors (Lipinski definition) is 1. The molecule has 0 spiro atoms. The zero-order chi connectivity index (χ0) is 16.9. The van der Waals surface area contributed by atoms with Crippen molar-refractivity contribution < 1.29 is 13.5 Å². The molecule has 0 saturated carbocycles. The van der Waals surface area contributed by atoms with Crippen LogP contribution in [0.4, 0.5) is 14.7 Å². The van der Waals surface area contributed by atoms with E-state index in [9.17, 15) is 8.78 Å². The van der Waals surface area contributed by atoms with E-state index in [-0.39, 0.29) is 6.04 Å². The number of ether oxygens (including phenoxy) is 1. The van der Waals surface area contributed by atoms with Crippen molar-refractivity contribution in [1.82, 2.24) is 15.3 Å². The van der Waals surface area contributed by atoms with E-state index in [0.717, 1.165) is 24.7 Å². The maximum Gasteiger partial charge on any atom is 0.225 e. The molecule has 1 aliphatic heterocycles. The van der Waals surface area contributed by atoms with Crippen LogP contribution >= 0.6 is 0 Å². The molecule has 1 saturated heterocycles. The Labute approximate surface area is 139 Å². The van der Waals surface area contributed by atoms with E-state index in [4.69, 9.17) is 4.74 Å². The summed E-state index contributed by atoms with van der Waals surface area (Å²) in [6.45, 7) is 5.29. The second kappa shape index (κ2) is 7.63. The van der Waals surface area contributed by atoms with Crippen molar-refractivity contribution in [3.8, 4) is 0 Å². The van der Waals surface area contributed by atoms with E-state index in [2.05, 4.69) is 20.2 Å². The van der Waals surface area contributed by atoms with Gasteiger partial charge in [0.1, 0.15) is 11.6 Å². The first-order valence-corrected chi connectivity index (χ1v) is 7.95. The van der Waals surface area contributed by atoms with Crippen molar-refractivity contribution in [2.75, 3.05) is 31.2 Å². The van der Waals surface area contributed by atoms with E-state index in [1.54, 1.807) is 12.4 Å². The minimum Gasteiger partial charge on any atom is -0.378 e. The molecule has 128 valence electrons. The normalized spacial score (nSPS) is 16.2. The first-order chi connectivity index (χ1) is 11.6. The fourth-order valence-electron chi connectivity index (χ4n) is 2.60. The summed E-state index contributed by atoms with van der Waals surface area (Å²) < 4.78 is 32.0. The first kappa shape index (κ1) is 16.7. The number of benzene rings is 1. The monoisotopic (exact) mass is 334 g/mol. The Morgan fingerprint density at radius 2 is 1.92 bits per heavy atom. The van der Waals surface area contributed by atoms with Crippen LogP contribution in [0.1, 0.15) is 24.1 Å². The molecule has 0 radical (unpaired) electrons. The van der Waals surface area contributed by atoms with Crippen LogP contribution in [0.5, 0.6) is 0 Å². The lowest BCUT2D eigenvalue weighted by Gasteiger charge is -2.26. The molecule has 1 aromatic carbocycles. The van der Waals surface area contributed by atoms with Crippen LogP contribution < -0.4 is 10.2 Å². The number of anilines is 1. The summed E-state index contributed by atoms with van der Waals surface area (Å²) in [6.07, 6.45) is 3.52. The fourth-order valence-corrected chi connectivity index (χ4v) is 2.60. The van der Waals surface area contributed by atoms with Crippen molar-refractivity contribution in [2.24, 2.45) is 0 Å². The van der Waals surface area contributed by atoms with Crippen molar-refractivity contribution >= 4 is 5.95 Å². The summed E-state index contributed by atoms with van der Waals surface area (Å²) in [5, 5.41) is 3.20. The average molecular weight is 334 g/mol. The molecule has 1 aliphatic rings. The SMILES string of the molecule is CC(NCc1cnc(N2CCOCC2)nc1)c1ccc(F)cc1F. The van der Waals surface area contributed by atoms with Gasteiger partial charge in [0.15, 0.2) is 0 Å². The lowest BCUT2D eigenvalue weighted by Crippen LogP contribution is -2.37. The van der Waals surface area contributed by atoms with Gasteiger partial charge in [-0.1, -0.05) is 6.07 Å². The quantitative estimate of drug-likeness (QED) is 0.910. The number of rotatable bonds is 5. The maximum atomic E-state index is 13.8. The molecule has 1 aromatic heterocycles. The molecule has 5 nitrogen and oxygen atoms in total. The third-order valence-electron chi connectivity index (χ3n) is 4.03. The fraction of sp³-hybridized carbons (Fsp3) is 0.412. The Balaban J connectivity index is 1.58. The molecule has 0 aliphatic carbocycles. The summed E-state index contributed by atoms with van der Waals surface area (Å²) in [6, 6.07) is 3.37. The lowest BCUT2D eigenvalue weighted by atomic mass is 10.1. The van der Waals surface area contributed by atoms with Crippen molar-refractivity contribution in [3.63, 3.8) is 0 Å². The molecule has 0 amide bonds. The summed E-state index contributed by atoms with van der Waals surface area (Å²) in [7, 11) is 0. The largest absolute Gasteiger partial charge is 0.378 e. The highest BCUT2D eigenvalue weighted by Gasteiger charge is 2.14. The Morgan fingerprint density at radius 3 is 2.58 bits per heavy atom. The van der Waals surface area contributed by atoms with E-state index in [1.165, 1.54) is 12.1 Å². The van der Waals surface area contributed by atoms with Crippen LogP contribution in [0.3, 0.4) is 0 Å². The Morgan fingerprint density at radius 1 is 1.21 bits per heavy atom. The molecule has 2 aromatic rings. The standard InChI is InChI=1S/C17H20F2N4O/c1-12(15-3-2-14(18)8-16(15)19)20-9-13-10-21-17(22-11-13)23-4-6-24-7-5-23/h2-3,8,10-12,20H,4-7,9H2,1H3. The molecule has 3 rings (SSSR count). The van der Waals surface area contributed by atoms with Crippen molar-refractivity contribution in [2.45, 2.75) is 19.5 Å². The van der Waals surface area contributed by atoms with Gasteiger partial charge in [-0.25, -0.2) is 18.7 Å². The van der Waals surface area contributed by atoms with Gasteiger partial charge in [0, 0.05) is 55.3 Å². The number of nitrogens with one attached hydrogen (secondary N) is 1. The first-order valence-electron chi connectivity index (χ1n) is 7.95. The molecule has 1 fully saturated rings. The molecule has 1 unspecified atom stereocenters. The van der Waals surface area contributed by atoms with Crippen molar-refractivity contribution in [3.05, 3.63) is 53.4 Å². The van der Waals surface area contributed by atoms with E-state index in [1.807, 2.05) is 6.92 Å². The Kier molecular flexibility index (Phi) is 5.32. The highest BCUT2D eigenvalue weighted by atomic mass is 19.1. The van der Waals surface area contributed by atoms with E-state index < -0.39 is 11.6 Å². The minimum atomic E-state index is -0.574. The molecular weight excluding hydrogens is 314 g/mol. The minimum absolute atomic E-state index is 0.246. The zero-order valence-corrected chi connectivity index (χ0v) is 13.5. The smallest absolute Gasteiger partial charge is 0.225 e. The Hall–Kier alpha value is -2.12. The molecule has 1 N–H and O–H groups in total. The van der Waals surface area contributed by atoms with Crippen LogP contribution in [0.2, 0.25) is 0 Å². The summed E-state index contributed by atoms with van der Waals surface area (Å²) in [5.74, 6) is -0.427. The van der Waals surface area contributed by atoms with Crippen LogP contribution in [-0.4, -0.2) is 36.3 Å². The lowest BCUT2D eigenvalue weighted by molar-refractivity contribution is 0.122. The molecule has 24 heavy (non-hydrogen) atoms. The van der Waals surface area contributed by atoms with Gasteiger partial charge in [-0.15, -0.1) is 0 Å². The van der Waals surface area contributed by atoms with Crippen molar-refractivity contribution in [1.29, 1.82) is 0 Å². The van der Waals surface area contributed by atoms with E-state index >= 15 is 0 Å². The molecule has 2 heterocycles. The molecule has 7 heteroatoms. The molecular formula is C17H20F2N4O. The summed E-state index contributed by atoms with van der Waals surface area (Å²) in [4.78, 5) is 10.8. The van der Waals surface area contributed by atoms with Gasteiger partial charge in [0.05, 0.1) is 13.2 Å². The van der Waals surface area contributed by atoms with Gasteiger partial charge in [0.2, 0.25) is 5.95 Å². The number of nitrogens with zero attached hydrogens (tertiary/aromatic N) is 3. The third-order valence-corrected chi connectivity index (χ3v) is 4.03. The highest BCUT2D eigenvalue weighted by Crippen LogP contribution is 2.18. The van der Waals surface area contributed by atoms with Gasteiger partial charge in [-0.05, 0) is 13.0 Å². The molecule has 1 atom stereocenters. The second-order valence-electron chi connectivity index (χ2n) is 5.76. The number of aromatic nitrogens is 2. The summed E-state index contributed by atoms with van der Waals surface area (Å²) in [5.41, 5.74) is 1.34. The van der Waals surface area contributed by atoms with Gasteiger partial charge in [-0.2, -0.15) is 0 Å². The predicted molar refractivity (Wildman–Crippen MR) is 86.7 cm³/mol. The number of hydrogen-bond acceptors (Lipinski definition) is 5. The van der Waals surface area contributed by atoms with Crippen LogP contribution in [-0.2, 0) is 11.3 Å². The van der Waals surface area contributed by atoms with Gasteiger partial charge < -0.3 is 15.0 Å². The van der Waals surface area contributed by atoms with Gasteiger partial charge in [-0.3, -0.25) is 0 Å². The van der Waals surface area contributed by atoms with E-state index in [0.29, 0.717) is 31.3 Å². The second-order valence-corrected chi connectivity index (χ2v) is 5.76. The molecule has 0 bridgehead atoms. The number of morpholine rings is 1.